The van der Waals surface area contributed by atoms with E-state index in [1.165, 1.54) is 11.3 Å². The van der Waals surface area contributed by atoms with E-state index in [-0.39, 0.29) is 17.2 Å². The number of nitrogens with one attached hydrogen (secondary N) is 1. The molecule has 0 radical (unpaired) electrons. The molecule has 0 aromatic carbocycles. The molecule has 1 aromatic rings. The van der Waals surface area contributed by atoms with Crippen molar-refractivity contribution in [1.82, 2.24) is 0 Å². The molecule has 3 aliphatic rings. The molecule has 3 fully saturated rings. The van der Waals surface area contributed by atoms with Crippen LogP contribution in [0.2, 0.25) is 0 Å². The van der Waals surface area contributed by atoms with Gasteiger partial charge in [0.2, 0.25) is 17.1 Å². The van der Waals surface area contributed by atoms with Crippen molar-refractivity contribution >= 4 is 17.2 Å². The first-order valence-corrected chi connectivity index (χ1v) is 10.7. The van der Waals surface area contributed by atoms with Crippen LogP contribution in [-0.4, -0.2) is 11.7 Å². The van der Waals surface area contributed by atoms with E-state index in [0.29, 0.717) is 12.8 Å². The summed E-state index contributed by atoms with van der Waals surface area (Å²) >= 11 is 1.45. The zero-order chi connectivity index (χ0) is 21.2. The van der Waals surface area contributed by atoms with Gasteiger partial charge in [0.05, 0.1) is 24.1 Å². The predicted octanol–water partition coefficient (Wildman–Crippen LogP) is 4.84. The second-order valence-electron chi connectivity index (χ2n) is 9.53. The minimum atomic E-state index is -1.85. The molecule has 0 amide bonds. The van der Waals surface area contributed by atoms with Gasteiger partial charge in [-0.25, -0.2) is 0 Å². The SMILES string of the molecule is Cc1ccc(C2OC34CCC(C(C)(C)C)CC3C(C#N)(C(=N)O4)C2(C#N)C#N)s1. The van der Waals surface area contributed by atoms with Gasteiger partial charge in [0, 0.05) is 16.2 Å². The molecule has 3 heterocycles. The maximum absolute atomic E-state index is 10.4. The van der Waals surface area contributed by atoms with Crippen molar-refractivity contribution in [3.63, 3.8) is 0 Å². The van der Waals surface area contributed by atoms with Gasteiger partial charge >= 0.3 is 0 Å². The van der Waals surface area contributed by atoms with Gasteiger partial charge in [-0.3, -0.25) is 5.41 Å². The summed E-state index contributed by atoms with van der Waals surface area (Å²) in [5.41, 5.74) is -3.49. The lowest BCUT2D eigenvalue weighted by Crippen LogP contribution is -2.61. The van der Waals surface area contributed by atoms with Gasteiger partial charge in [0.25, 0.3) is 0 Å². The monoisotopic (exact) mass is 408 g/mol. The molecule has 0 spiro atoms. The molecule has 1 N–H and O–H groups in total. The number of nitriles is 3. The molecule has 2 bridgehead atoms. The van der Waals surface area contributed by atoms with Gasteiger partial charge in [0.15, 0.2) is 5.41 Å². The van der Waals surface area contributed by atoms with Crippen molar-refractivity contribution in [2.75, 3.05) is 0 Å². The van der Waals surface area contributed by atoms with Crippen LogP contribution in [0.4, 0.5) is 0 Å². The highest BCUT2D eigenvalue weighted by atomic mass is 32.1. The van der Waals surface area contributed by atoms with Gasteiger partial charge in [-0.05, 0) is 43.2 Å². The second-order valence-corrected chi connectivity index (χ2v) is 10.9. The molecule has 6 nitrogen and oxygen atoms in total. The predicted molar refractivity (Wildman–Crippen MR) is 106 cm³/mol. The van der Waals surface area contributed by atoms with Gasteiger partial charge in [-0.15, -0.1) is 11.3 Å². The maximum Gasteiger partial charge on any atom is 0.217 e. The van der Waals surface area contributed by atoms with Crippen molar-refractivity contribution in [1.29, 1.82) is 21.2 Å². The van der Waals surface area contributed by atoms with Gasteiger partial charge in [0.1, 0.15) is 6.10 Å². The standard InChI is InChI=1S/C22H24N4O2S/c1-13-5-6-15(29-13)17-20(10-23,11-24)21(12-25)16-9-14(19(2,3)4)7-8-22(16,27-17)28-18(21)26/h5-6,14,16-17,26H,7-9H2,1-4H3. The van der Waals surface area contributed by atoms with Crippen LogP contribution in [0.15, 0.2) is 12.1 Å². The zero-order valence-corrected chi connectivity index (χ0v) is 17.9. The maximum atomic E-state index is 10.4. The molecular weight excluding hydrogens is 384 g/mol. The van der Waals surface area contributed by atoms with Crippen molar-refractivity contribution in [3.05, 3.63) is 21.9 Å². The average molecular weight is 409 g/mol. The Kier molecular flexibility index (Phi) is 4.15. The molecule has 2 saturated heterocycles. The van der Waals surface area contributed by atoms with E-state index in [2.05, 4.69) is 39.0 Å². The van der Waals surface area contributed by atoms with E-state index >= 15 is 0 Å². The number of rotatable bonds is 1. The van der Waals surface area contributed by atoms with Crippen LogP contribution in [0.5, 0.6) is 0 Å². The minimum absolute atomic E-state index is 0.00352. The van der Waals surface area contributed by atoms with E-state index in [4.69, 9.17) is 14.9 Å². The molecule has 5 unspecified atom stereocenters. The molecule has 150 valence electrons. The summed E-state index contributed by atoms with van der Waals surface area (Å²) in [6.45, 7) is 8.42. The van der Waals surface area contributed by atoms with Crippen LogP contribution in [-0.2, 0) is 9.47 Å². The highest BCUT2D eigenvalue weighted by Crippen LogP contribution is 2.71. The van der Waals surface area contributed by atoms with Crippen molar-refractivity contribution in [3.8, 4) is 18.2 Å². The molecular formula is C22H24N4O2S. The number of ether oxygens (including phenoxy) is 2. The number of aryl methyl sites for hydroxylation is 1. The Morgan fingerprint density at radius 3 is 2.38 bits per heavy atom. The summed E-state index contributed by atoms with van der Waals surface area (Å²) in [7, 11) is 0. The van der Waals surface area contributed by atoms with Crippen LogP contribution in [0.25, 0.3) is 0 Å². The topological polar surface area (TPSA) is 114 Å². The van der Waals surface area contributed by atoms with Crippen LogP contribution < -0.4 is 0 Å². The molecule has 5 atom stereocenters. The molecule has 2 aliphatic heterocycles. The van der Waals surface area contributed by atoms with Gasteiger partial charge in [-0.2, -0.15) is 15.8 Å². The largest absolute Gasteiger partial charge is 0.447 e. The Morgan fingerprint density at radius 2 is 1.86 bits per heavy atom. The van der Waals surface area contributed by atoms with Crippen LogP contribution in [0.1, 0.15) is 55.9 Å². The lowest BCUT2D eigenvalue weighted by Gasteiger charge is -2.54. The summed E-state index contributed by atoms with van der Waals surface area (Å²) in [6, 6.07) is 10.3. The highest BCUT2D eigenvalue weighted by molar-refractivity contribution is 7.12. The second kappa shape index (κ2) is 6.05. The Balaban J connectivity index is 1.94. The van der Waals surface area contributed by atoms with Crippen LogP contribution in [0, 0.1) is 74.4 Å². The van der Waals surface area contributed by atoms with Gasteiger partial charge in [-0.1, -0.05) is 20.8 Å². The zero-order valence-electron chi connectivity index (χ0n) is 17.1. The van der Waals surface area contributed by atoms with E-state index in [0.717, 1.165) is 16.2 Å². The third-order valence-corrected chi connectivity index (χ3v) is 8.20. The Labute approximate surface area is 175 Å². The molecule has 29 heavy (non-hydrogen) atoms. The lowest BCUT2D eigenvalue weighted by molar-refractivity contribution is -0.300. The summed E-state index contributed by atoms with van der Waals surface area (Å²) in [5.74, 6) is -1.67. The van der Waals surface area contributed by atoms with E-state index in [1.807, 2.05) is 19.1 Å². The third-order valence-electron chi connectivity index (χ3n) is 7.15. The highest BCUT2D eigenvalue weighted by Gasteiger charge is 2.81. The number of thiophene rings is 1. The van der Waals surface area contributed by atoms with Gasteiger partial charge < -0.3 is 9.47 Å². The average Bonchev–Trinajstić information content (AvgIpc) is 3.18. The van der Waals surface area contributed by atoms with Crippen molar-refractivity contribution in [2.45, 2.75) is 58.8 Å². The summed E-state index contributed by atoms with van der Waals surface area (Å²) in [4.78, 5) is 1.75. The summed E-state index contributed by atoms with van der Waals surface area (Å²) < 4.78 is 12.5. The quantitative estimate of drug-likeness (QED) is 0.714. The summed E-state index contributed by atoms with van der Waals surface area (Å²) in [5, 5.41) is 39.6. The molecule has 1 aliphatic carbocycles. The van der Waals surface area contributed by atoms with Crippen LogP contribution in [0.3, 0.4) is 0 Å². The van der Waals surface area contributed by atoms with Crippen molar-refractivity contribution < 1.29 is 9.47 Å². The Morgan fingerprint density at radius 1 is 1.17 bits per heavy atom. The molecule has 1 saturated carbocycles. The first-order chi connectivity index (χ1) is 13.6. The first-order valence-electron chi connectivity index (χ1n) is 9.86. The van der Waals surface area contributed by atoms with E-state index in [1.54, 1.807) is 0 Å². The lowest BCUT2D eigenvalue weighted by atomic mass is 9.50. The molecule has 7 heteroatoms. The fourth-order valence-corrected chi connectivity index (χ4v) is 6.45. The number of nitrogens with zero attached hydrogens (tertiary/aromatic N) is 3. The fourth-order valence-electron chi connectivity index (χ4n) is 5.47. The number of hydrogen-bond acceptors (Lipinski definition) is 7. The third kappa shape index (κ3) is 2.31. The van der Waals surface area contributed by atoms with E-state index < -0.39 is 28.6 Å². The minimum Gasteiger partial charge on any atom is -0.447 e. The molecule has 1 aromatic heterocycles. The Bertz CT molecular complexity index is 990. The van der Waals surface area contributed by atoms with E-state index in [9.17, 15) is 15.8 Å². The van der Waals surface area contributed by atoms with Crippen LogP contribution >= 0.6 is 11.3 Å². The first kappa shape index (κ1) is 19.9. The molecule has 4 rings (SSSR count). The Hall–Kier alpha value is -2.40. The normalized spacial score (nSPS) is 37.6. The summed E-state index contributed by atoms with van der Waals surface area (Å²) in [6.07, 6.45) is 1.04. The smallest absolute Gasteiger partial charge is 0.217 e. The fraction of sp³-hybridized carbons (Fsp3) is 0.636. The van der Waals surface area contributed by atoms with Crippen molar-refractivity contribution in [2.24, 2.45) is 28.1 Å². The number of hydrogen-bond donors (Lipinski definition) is 1.